The van der Waals surface area contributed by atoms with Crippen molar-refractivity contribution in [3.05, 3.63) is 24.3 Å². The highest BCUT2D eigenvalue weighted by atomic mass is 32.2. The average Bonchev–Trinajstić information content (AvgIpc) is 2.62. The number of aromatic hydroxyl groups is 2. The van der Waals surface area contributed by atoms with Crippen LogP contribution >= 0.6 is 34.4 Å². The molecule has 0 saturated heterocycles. The van der Waals surface area contributed by atoms with E-state index in [0.29, 0.717) is 10.1 Å². The smallest absolute Gasteiger partial charge is 0.172 e. The summed E-state index contributed by atoms with van der Waals surface area (Å²) in [5, 5.41) is 18.8. The van der Waals surface area contributed by atoms with E-state index in [1.807, 2.05) is 12.1 Å². The van der Waals surface area contributed by atoms with E-state index < -0.39 is 0 Å². The van der Waals surface area contributed by atoms with E-state index in [-0.39, 0.29) is 0 Å². The normalized spacial score (nSPS) is 10.5. The quantitative estimate of drug-likeness (QED) is 0.831. The second-order valence-electron chi connectivity index (χ2n) is 2.29. The summed E-state index contributed by atoms with van der Waals surface area (Å²) in [5.41, 5.74) is 0. The van der Waals surface area contributed by atoms with Crippen LogP contribution in [0.15, 0.2) is 32.7 Å². The van der Waals surface area contributed by atoms with Gasteiger partial charge in [-0.05, 0) is 24.3 Å². The predicted molar refractivity (Wildman–Crippen MR) is 56.1 cm³/mol. The molecule has 0 aliphatic heterocycles. The lowest BCUT2D eigenvalue weighted by molar-refractivity contribution is 0.490. The largest absolute Gasteiger partial charge is 0.499 e. The third kappa shape index (κ3) is 2.18. The van der Waals surface area contributed by atoms with E-state index in [4.69, 9.17) is 10.2 Å². The van der Waals surface area contributed by atoms with Gasteiger partial charge in [-0.1, -0.05) is 34.4 Å². The van der Waals surface area contributed by atoms with Gasteiger partial charge in [0.1, 0.15) is 0 Å². The van der Waals surface area contributed by atoms with Crippen LogP contribution in [0.25, 0.3) is 0 Å². The topological polar surface area (TPSA) is 40.5 Å². The van der Waals surface area contributed by atoms with Gasteiger partial charge >= 0.3 is 0 Å². The lowest BCUT2D eigenvalue weighted by Gasteiger charge is -1.89. The third-order valence-corrected chi connectivity index (χ3v) is 4.38. The molecule has 0 unspecified atom stereocenters. The Hall–Kier alpha value is -0.650. The van der Waals surface area contributed by atoms with Gasteiger partial charge in [0.05, 0.1) is 8.42 Å². The Morgan fingerprint density at radius 1 is 0.846 bits per heavy atom. The molecule has 0 saturated carbocycles. The van der Waals surface area contributed by atoms with Crippen LogP contribution in [0.4, 0.5) is 0 Å². The fraction of sp³-hybridized carbons (Fsp3) is 0. The van der Waals surface area contributed by atoms with Crippen molar-refractivity contribution in [2.24, 2.45) is 0 Å². The summed E-state index contributed by atoms with van der Waals surface area (Å²) in [4.78, 5) is 0. The lowest BCUT2D eigenvalue weighted by Crippen LogP contribution is -1.54. The van der Waals surface area contributed by atoms with E-state index >= 15 is 0 Å². The molecule has 0 amide bonds. The lowest BCUT2D eigenvalue weighted by atomic mass is 10.6. The van der Waals surface area contributed by atoms with Crippen molar-refractivity contribution in [3.8, 4) is 10.1 Å². The highest BCUT2D eigenvalue weighted by molar-refractivity contribution is 8.03. The molecule has 68 valence electrons. The molecular weight excluding hydrogens is 224 g/mol. The van der Waals surface area contributed by atoms with E-state index in [1.165, 1.54) is 22.7 Å². The Balaban J connectivity index is 2.14. The van der Waals surface area contributed by atoms with Crippen molar-refractivity contribution in [2.75, 3.05) is 0 Å². The van der Waals surface area contributed by atoms with Crippen LogP contribution in [0, 0.1) is 0 Å². The van der Waals surface area contributed by atoms with Crippen LogP contribution in [0.2, 0.25) is 0 Å². The summed E-state index contributed by atoms with van der Waals surface area (Å²) in [7, 11) is 0. The molecule has 5 heteroatoms. The molecule has 0 aromatic carbocycles. The summed E-state index contributed by atoms with van der Waals surface area (Å²) < 4.78 is 2.05. The molecule has 2 aromatic heterocycles. The van der Waals surface area contributed by atoms with Crippen molar-refractivity contribution in [1.29, 1.82) is 0 Å². The minimum Gasteiger partial charge on any atom is -0.499 e. The first-order valence-corrected chi connectivity index (χ1v) is 5.94. The minimum atomic E-state index is 0.322. The molecule has 0 atom stereocenters. The standard InChI is InChI=1S/C8H6O2S3/c9-5-1-3-7(11-5)13-8-4-2-6(10)12-8/h1-4,9-10H. The maximum atomic E-state index is 9.10. The molecule has 0 spiro atoms. The number of hydrogen-bond donors (Lipinski definition) is 2. The Labute approximate surface area is 87.5 Å². The molecule has 2 N–H and O–H groups in total. The van der Waals surface area contributed by atoms with Gasteiger partial charge < -0.3 is 10.2 Å². The fourth-order valence-corrected chi connectivity index (χ4v) is 3.80. The second kappa shape index (κ2) is 3.61. The Kier molecular flexibility index (Phi) is 2.48. The number of rotatable bonds is 2. The van der Waals surface area contributed by atoms with E-state index in [1.54, 1.807) is 23.9 Å². The maximum Gasteiger partial charge on any atom is 0.172 e. The van der Waals surface area contributed by atoms with Crippen LogP contribution < -0.4 is 0 Å². The van der Waals surface area contributed by atoms with Gasteiger partial charge in [0.15, 0.2) is 10.1 Å². The van der Waals surface area contributed by atoms with Crippen molar-refractivity contribution in [3.63, 3.8) is 0 Å². The molecule has 0 fully saturated rings. The van der Waals surface area contributed by atoms with Gasteiger partial charge in [0.2, 0.25) is 0 Å². The average molecular weight is 230 g/mol. The molecule has 2 heterocycles. The highest BCUT2D eigenvalue weighted by Crippen LogP contribution is 2.40. The Morgan fingerprint density at radius 3 is 1.62 bits per heavy atom. The summed E-state index contributed by atoms with van der Waals surface area (Å²) in [6, 6.07) is 7.06. The fourth-order valence-electron chi connectivity index (χ4n) is 0.830. The van der Waals surface area contributed by atoms with Gasteiger partial charge in [-0.25, -0.2) is 0 Å². The first kappa shape index (κ1) is 8.93. The third-order valence-electron chi connectivity index (χ3n) is 1.34. The molecule has 2 nitrogen and oxygen atoms in total. The van der Waals surface area contributed by atoms with Crippen molar-refractivity contribution in [2.45, 2.75) is 8.42 Å². The van der Waals surface area contributed by atoms with Gasteiger partial charge in [-0.2, -0.15) is 0 Å². The zero-order valence-corrected chi connectivity index (χ0v) is 8.88. The van der Waals surface area contributed by atoms with E-state index in [9.17, 15) is 0 Å². The van der Waals surface area contributed by atoms with Gasteiger partial charge in [0.25, 0.3) is 0 Å². The zero-order valence-electron chi connectivity index (χ0n) is 6.43. The van der Waals surface area contributed by atoms with Gasteiger partial charge in [-0.15, -0.1) is 0 Å². The van der Waals surface area contributed by atoms with Gasteiger partial charge in [0, 0.05) is 0 Å². The molecular formula is C8H6O2S3. The monoisotopic (exact) mass is 230 g/mol. The van der Waals surface area contributed by atoms with Crippen molar-refractivity contribution < 1.29 is 10.2 Å². The maximum absolute atomic E-state index is 9.10. The highest BCUT2D eigenvalue weighted by Gasteiger charge is 2.03. The van der Waals surface area contributed by atoms with Crippen LogP contribution in [0.1, 0.15) is 0 Å². The first-order valence-electron chi connectivity index (χ1n) is 3.49. The van der Waals surface area contributed by atoms with Crippen molar-refractivity contribution >= 4 is 34.4 Å². The second-order valence-corrected chi connectivity index (χ2v) is 6.01. The Bertz CT molecular complexity index is 367. The van der Waals surface area contributed by atoms with Crippen molar-refractivity contribution in [1.82, 2.24) is 0 Å². The molecule has 2 aromatic rings. The van der Waals surface area contributed by atoms with Crippen LogP contribution in [0.3, 0.4) is 0 Å². The van der Waals surface area contributed by atoms with Gasteiger partial charge in [-0.3, -0.25) is 0 Å². The molecule has 2 rings (SSSR count). The Morgan fingerprint density at radius 2 is 1.31 bits per heavy atom. The summed E-state index contributed by atoms with van der Waals surface area (Å²) in [5.74, 6) is 0. The number of thiophene rings is 2. The van der Waals surface area contributed by atoms with E-state index in [2.05, 4.69) is 0 Å². The molecule has 13 heavy (non-hydrogen) atoms. The molecule has 0 radical (unpaired) electrons. The predicted octanol–water partition coefficient (Wildman–Crippen LogP) is 3.37. The molecule has 0 bridgehead atoms. The molecule has 0 aliphatic carbocycles. The van der Waals surface area contributed by atoms with E-state index in [0.717, 1.165) is 8.42 Å². The first-order chi connectivity index (χ1) is 6.24. The number of hydrogen-bond acceptors (Lipinski definition) is 5. The summed E-state index contributed by atoms with van der Waals surface area (Å²) in [6.07, 6.45) is 0. The minimum absolute atomic E-state index is 0.322. The van der Waals surface area contributed by atoms with Crippen LogP contribution in [-0.2, 0) is 0 Å². The zero-order chi connectivity index (χ0) is 9.26. The molecule has 0 aliphatic rings. The summed E-state index contributed by atoms with van der Waals surface area (Å²) in [6.45, 7) is 0. The SMILES string of the molecule is Oc1ccc(Sc2ccc(O)s2)s1. The van der Waals surface area contributed by atoms with Crippen LogP contribution in [-0.4, -0.2) is 10.2 Å². The van der Waals surface area contributed by atoms with Crippen LogP contribution in [0.5, 0.6) is 10.1 Å². The summed E-state index contributed by atoms with van der Waals surface area (Å²) >= 11 is 4.22.